The third kappa shape index (κ3) is 1.88. The summed E-state index contributed by atoms with van der Waals surface area (Å²) >= 11 is 0. The Hall–Kier alpha value is -3.12. The predicted octanol–water partition coefficient (Wildman–Crippen LogP) is 7.45. The van der Waals surface area contributed by atoms with Gasteiger partial charge in [-0.25, -0.2) is 0 Å². The molecule has 0 unspecified atom stereocenters. The second-order valence-corrected chi connectivity index (χ2v) is 8.24. The van der Waals surface area contributed by atoms with E-state index in [2.05, 4.69) is 98.8 Å². The van der Waals surface area contributed by atoms with Crippen molar-refractivity contribution in [2.75, 3.05) is 0 Å². The Labute approximate surface area is 159 Å². The van der Waals surface area contributed by atoms with Crippen LogP contribution in [0.1, 0.15) is 25.0 Å². The van der Waals surface area contributed by atoms with Crippen LogP contribution in [0.5, 0.6) is 0 Å². The second kappa shape index (κ2) is 4.98. The summed E-state index contributed by atoms with van der Waals surface area (Å²) in [6, 6.07) is 31.4. The third-order valence-corrected chi connectivity index (χ3v) is 6.38. The molecule has 0 saturated heterocycles. The molecule has 0 fully saturated rings. The van der Waals surface area contributed by atoms with E-state index in [0.29, 0.717) is 0 Å². The lowest BCUT2D eigenvalue weighted by Gasteiger charge is -2.23. The van der Waals surface area contributed by atoms with Gasteiger partial charge in [0.25, 0.3) is 0 Å². The van der Waals surface area contributed by atoms with Gasteiger partial charge in [-0.05, 0) is 66.7 Å². The van der Waals surface area contributed by atoms with Crippen molar-refractivity contribution in [2.45, 2.75) is 19.3 Å². The van der Waals surface area contributed by atoms with Gasteiger partial charge in [0, 0.05) is 5.41 Å². The Morgan fingerprint density at radius 3 is 2.04 bits per heavy atom. The van der Waals surface area contributed by atoms with Crippen LogP contribution in [0.4, 0.5) is 0 Å². The zero-order valence-corrected chi connectivity index (χ0v) is 15.6. The van der Waals surface area contributed by atoms with Gasteiger partial charge in [0.15, 0.2) is 0 Å². The highest BCUT2D eigenvalue weighted by Crippen LogP contribution is 2.53. The Morgan fingerprint density at radius 1 is 0.556 bits per heavy atom. The Bertz CT molecular complexity index is 1390. The van der Waals surface area contributed by atoms with E-state index in [9.17, 15) is 0 Å². The molecule has 128 valence electrons. The molecule has 0 N–H and O–H groups in total. The number of benzene rings is 5. The number of hydrogen-bond acceptors (Lipinski definition) is 0. The number of fused-ring (bicyclic) bond motifs is 8. The molecule has 0 amide bonds. The minimum Gasteiger partial charge on any atom is -0.0616 e. The molecule has 0 atom stereocenters. The zero-order valence-electron chi connectivity index (χ0n) is 15.6. The summed E-state index contributed by atoms with van der Waals surface area (Å²) in [7, 11) is 0. The maximum Gasteiger partial charge on any atom is 0.0165 e. The van der Waals surface area contributed by atoms with E-state index in [-0.39, 0.29) is 5.41 Å². The molecule has 0 heteroatoms. The monoisotopic (exact) mass is 344 g/mol. The van der Waals surface area contributed by atoms with Gasteiger partial charge in [0.2, 0.25) is 0 Å². The third-order valence-electron chi connectivity index (χ3n) is 6.38. The largest absolute Gasteiger partial charge is 0.0616 e. The highest BCUT2D eigenvalue weighted by molar-refractivity contribution is 6.10. The van der Waals surface area contributed by atoms with Gasteiger partial charge in [-0.15, -0.1) is 0 Å². The lowest BCUT2D eigenvalue weighted by molar-refractivity contribution is 0.667. The summed E-state index contributed by atoms with van der Waals surface area (Å²) < 4.78 is 0. The molecule has 5 aromatic rings. The van der Waals surface area contributed by atoms with Crippen molar-refractivity contribution in [1.82, 2.24) is 0 Å². The first-order chi connectivity index (χ1) is 13.1. The van der Waals surface area contributed by atoms with Crippen LogP contribution in [0, 0.1) is 0 Å². The molecule has 6 rings (SSSR count). The van der Waals surface area contributed by atoms with E-state index in [4.69, 9.17) is 0 Å². The van der Waals surface area contributed by atoms with Crippen molar-refractivity contribution in [3.63, 3.8) is 0 Å². The van der Waals surface area contributed by atoms with Gasteiger partial charge in [0.1, 0.15) is 0 Å². The van der Waals surface area contributed by atoms with Gasteiger partial charge >= 0.3 is 0 Å². The Kier molecular flexibility index (Phi) is 2.77. The number of rotatable bonds is 0. The Morgan fingerprint density at radius 2 is 1.22 bits per heavy atom. The molecule has 0 heterocycles. The standard InChI is InChI=1S/C27H20/c1-27(2)24-14-12-20-15-18-8-3-4-9-19(18)16-23(20)25(24)22-13-11-17-7-5-6-10-21(17)26(22)27/h3-16H,1-2H3. The average molecular weight is 344 g/mol. The van der Waals surface area contributed by atoms with E-state index in [1.807, 2.05) is 0 Å². The molecule has 27 heavy (non-hydrogen) atoms. The second-order valence-electron chi connectivity index (χ2n) is 8.24. The molecule has 0 nitrogen and oxygen atoms in total. The topological polar surface area (TPSA) is 0 Å². The fraction of sp³-hybridized carbons (Fsp3) is 0.111. The zero-order chi connectivity index (χ0) is 18.2. The van der Waals surface area contributed by atoms with Crippen LogP contribution in [0.2, 0.25) is 0 Å². The van der Waals surface area contributed by atoms with Gasteiger partial charge in [-0.2, -0.15) is 0 Å². The van der Waals surface area contributed by atoms with Gasteiger partial charge < -0.3 is 0 Å². The first kappa shape index (κ1) is 15.0. The molecular formula is C27H20. The average Bonchev–Trinajstić information content (AvgIpc) is 2.94. The normalized spacial score (nSPS) is 14.6. The van der Waals surface area contributed by atoms with Gasteiger partial charge in [-0.1, -0.05) is 86.6 Å². The summed E-state index contributed by atoms with van der Waals surface area (Å²) in [6.45, 7) is 4.74. The van der Waals surface area contributed by atoms with E-state index in [1.54, 1.807) is 0 Å². The van der Waals surface area contributed by atoms with E-state index in [0.717, 1.165) is 0 Å². The molecule has 0 saturated carbocycles. The summed E-state index contributed by atoms with van der Waals surface area (Å²) in [6.07, 6.45) is 0. The van der Waals surface area contributed by atoms with Crippen LogP contribution in [-0.2, 0) is 5.41 Å². The molecule has 0 radical (unpaired) electrons. The van der Waals surface area contributed by atoms with Crippen LogP contribution in [-0.4, -0.2) is 0 Å². The quantitative estimate of drug-likeness (QED) is 0.256. The molecule has 0 spiro atoms. The van der Waals surface area contributed by atoms with E-state index in [1.165, 1.54) is 54.6 Å². The maximum absolute atomic E-state index is 2.38. The molecule has 0 bridgehead atoms. The van der Waals surface area contributed by atoms with Crippen molar-refractivity contribution < 1.29 is 0 Å². The summed E-state index contributed by atoms with van der Waals surface area (Å²) in [4.78, 5) is 0. The fourth-order valence-corrected chi connectivity index (χ4v) is 5.11. The summed E-state index contributed by atoms with van der Waals surface area (Å²) in [5.41, 5.74) is 5.73. The fourth-order valence-electron chi connectivity index (χ4n) is 5.11. The number of hydrogen-bond donors (Lipinski definition) is 0. The highest BCUT2D eigenvalue weighted by Gasteiger charge is 2.37. The molecule has 1 aliphatic carbocycles. The van der Waals surface area contributed by atoms with Crippen LogP contribution in [0.3, 0.4) is 0 Å². The van der Waals surface area contributed by atoms with Crippen molar-refractivity contribution >= 4 is 32.3 Å². The minimum absolute atomic E-state index is 0.00532. The molecule has 0 aromatic heterocycles. The minimum atomic E-state index is 0.00532. The van der Waals surface area contributed by atoms with Crippen molar-refractivity contribution in [1.29, 1.82) is 0 Å². The smallest absolute Gasteiger partial charge is 0.0165 e. The SMILES string of the molecule is CC1(C)c2ccc3cc4ccccc4cc3c2-c2ccc3ccccc3c21. The van der Waals surface area contributed by atoms with Gasteiger partial charge in [0.05, 0.1) is 0 Å². The van der Waals surface area contributed by atoms with Crippen molar-refractivity contribution in [3.8, 4) is 11.1 Å². The molecular weight excluding hydrogens is 324 g/mol. The van der Waals surface area contributed by atoms with Crippen LogP contribution < -0.4 is 0 Å². The highest BCUT2D eigenvalue weighted by atomic mass is 14.4. The lowest BCUT2D eigenvalue weighted by atomic mass is 9.80. The molecule has 5 aromatic carbocycles. The van der Waals surface area contributed by atoms with Crippen molar-refractivity contribution in [3.05, 3.63) is 96.1 Å². The predicted molar refractivity (Wildman–Crippen MR) is 117 cm³/mol. The van der Waals surface area contributed by atoms with Gasteiger partial charge in [-0.3, -0.25) is 0 Å². The van der Waals surface area contributed by atoms with E-state index < -0.39 is 0 Å². The molecule has 1 aliphatic rings. The van der Waals surface area contributed by atoms with Crippen LogP contribution in [0.15, 0.2) is 84.9 Å². The summed E-state index contributed by atoms with van der Waals surface area (Å²) in [5.74, 6) is 0. The lowest BCUT2D eigenvalue weighted by Crippen LogP contribution is -2.15. The summed E-state index contributed by atoms with van der Waals surface area (Å²) in [5, 5.41) is 8.01. The Balaban J connectivity index is 1.81. The van der Waals surface area contributed by atoms with Crippen LogP contribution >= 0.6 is 0 Å². The maximum atomic E-state index is 2.38. The van der Waals surface area contributed by atoms with Crippen LogP contribution in [0.25, 0.3) is 43.4 Å². The van der Waals surface area contributed by atoms with Crippen molar-refractivity contribution in [2.24, 2.45) is 0 Å². The van der Waals surface area contributed by atoms with E-state index >= 15 is 0 Å². The first-order valence-corrected chi connectivity index (χ1v) is 9.63. The molecule has 0 aliphatic heterocycles. The first-order valence-electron chi connectivity index (χ1n) is 9.63.